The molecule has 78 valence electrons. The van der Waals surface area contributed by atoms with Gasteiger partial charge in [0.2, 0.25) is 0 Å². The Hall–Kier alpha value is -0.870. The predicted octanol–water partition coefficient (Wildman–Crippen LogP) is 3.79. The number of halogens is 1. The molecule has 0 N–H and O–H groups in total. The van der Waals surface area contributed by atoms with Crippen molar-refractivity contribution >= 4 is 27.3 Å². The topological polar surface area (TPSA) is 22.1 Å². The Kier molecular flexibility index (Phi) is 3.38. The molecule has 0 atom stereocenters. The van der Waals surface area contributed by atoms with Crippen LogP contribution in [0, 0.1) is 6.92 Å². The highest BCUT2D eigenvalue weighted by atomic mass is 79.9. The lowest BCUT2D eigenvalue weighted by Crippen LogP contribution is -1.95. The van der Waals surface area contributed by atoms with E-state index >= 15 is 0 Å². The van der Waals surface area contributed by atoms with Crippen molar-refractivity contribution in [3.63, 3.8) is 0 Å². The summed E-state index contributed by atoms with van der Waals surface area (Å²) in [6.07, 6.45) is 0. The zero-order chi connectivity index (χ0) is 10.7. The van der Waals surface area contributed by atoms with Crippen LogP contribution in [0.3, 0.4) is 0 Å². The van der Waals surface area contributed by atoms with Crippen molar-refractivity contribution in [2.75, 3.05) is 0 Å². The van der Waals surface area contributed by atoms with Gasteiger partial charge in [0.25, 0.3) is 0 Å². The molecule has 0 amide bonds. The van der Waals surface area contributed by atoms with Crippen LogP contribution in [0.1, 0.15) is 10.7 Å². The average Bonchev–Trinajstić information content (AvgIpc) is 2.62. The van der Waals surface area contributed by atoms with Crippen molar-refractivity contribution in [3.05, 3.63) is 44.8 Å². The molecule has 0 spiro atoms. The third-order valence-corrected chi connectivity index (χ3v) is 3.16. The fourth-order valence-corrected chi connectivity index (χ4v) is 2.16. The van der Waals surface area contributed by atoms with E-state index in [4.69, 9.17) is 4.74 Å². The maximum Gasteiger partial charge on any atom is 0.131 e. The summed E-state index contributed by atoms with van der Waals surface area (Å²) in [5, 5.41) is 3.09. The largest absolute Gasteiger partial charge is 0.487 e. The second-order valence-electron chi connectivity index (χ2n) is 3.10. The van der Waals surface area contributed by atoms with Gasteiger partial charge in [0.05, 0.1) is 10.7 Å². The van der Waals surface area contributed by atoms with E-state index in [2.05, 4.69) is 20.9 Å². The predicted molar refractivity (Wildman–Crippen MR) is 65.3 cm³/mol. The van der Waals surface area contributed by atoms with Gasteiger partial charge in [-0.05, 0) is 25.1 Å². The molecular formula is C11H10BrNOS. The summed E-state index contributed by atoms with van der Waals surface area (Å²) in [5.41, 5.74) is 0.984. The molecular weight excluding hydrogens is 274 g/mol. The van der Waals surface area contributed by atoms with Crippen LogP contribution < -0.4 is 4.74 Å². The van der Waals surface area contributed by atoms with Crippen LogP contribution >= 0.6 is 27.3 Å². The molecule has 1 aromatic heterocycles. The molecule has 0 bridgehead atoms. The fourth-order valence-electron chi connectivity index (χ4n) is 1.19. The van der Waals surface area contributed by atoms with Crippen molar-refractivity contribution in [1.82, 2.24) is 4.98 Å². The van der Waals surface area contributed by atoms with E-state index in [1.165, 1.54) is 0 Å². The third kappa shape index (κ3) is 3.04. The SMILES string of the molecule is Cc1nc(COc2cccc(Br)c2)cs1. The Morgan fingerprint density at radius 2 is 2.33 bits per heavy atom. The summed E-state index contributed by atoms with van der Waals surface area (Å²) in [6.45, 7) is 2.52. The van der Waals surface area contributed by atoms with Gasteiger partial charge in [-0.25, -0.2) is 4.98 Å². The minimum absolute atomic E-state index is 0.529. The highest BCUT2D eigenvalue weighted by Crippen LogP contribution is 2.19. The Morgan fingerprint density at radius 3 is 3.00 bits per heavy atom. The number of hydrogen-bond acceptors (Lipinski definition) is 3. The fraction of sp³-hybridized carbons (Fsp3) is 0.182. The van der Waals surface area contributed by atoms with Crippen LogP contribution in [0.4, 0.5) is 0 Å². The molecule has 2 aromatic rings. The molecule has 2 nitrogen and oxygen atoms in total. The van der Waals surface area contributed by atoms with Crippen LogP contribution in [0.5, 0.6) is 5.75 Å². The zero-order valence-corrected chi connectivity index (χ0v) is 10.6. The van der Waals surface area contributed by atoms with Crippen LogP contribution in [-0.2, 0) is 6.61 Å². The number of aryl methyl sites for hydroxylation is 1. The Bertz CT molecular complexity index is 455. The first kappa shape index (κ1) is 10.6. The van der Waals surface area contributed by atoms with Crippen LogP contribution in [-0.4, -0.2) is 4.98 Å². The molecule has 4 heteroatoms. The normalized spacial score (nSPS) is 10.3. The molecule has 0 aliphatic rings. The van der Waals surface area contributed by atoms with E-state index in [9.17, 15) is 0 Å². The summed E-state index contributed by atoms with van der Waals surface area (Å²) in [7, 11) is 0. The smallest absolute Gasteiger partial charge is 0.131 e. The van der Waals surface area contributed by atoms with Crippen LogP contribution in [0.2, 0.25) is 0 Å². The van der Waals surface area contributed by atoms with E-state index in [-0.39, 0.29) is 0 Å². The van der Waals surface area contributed by atoms with Crippen molar-refractivity contribution in [2.24, 2.45) is 0 Å². The number of nitrogens with zero attached hydrogens (tertiary/aromatic N) is 1. The van der Waals surface area contributed by atoms with Gasteiger partial charge in [0.15, 0.2) is 0 Å². The van der Waals surface area contributed by atoms with Gasteiger partial charge in [-0.1, -0.05) is 22.0 Å². The quantitative estimate of drug-likeness (QED) is 0.855. The molecule has 0 aliphatic heterocycles. The lowest BCUT2D eigenvalue weighted by atomic mass is 10.3. The van der Waals surface area contributed by atoms with Gasteiger partial charge in [0.1, 0.15) is 12.4 Å². The van der Waals surface area contributed by atoms with Gasteiger partial charge >= 0.3 is 0 Å². The Morgan fingerprint density at radius 1 is 1.47 bits per heavy atom. The van der Waals surface area contributed by atoms with Crippen molar-refractivity contribution < 1.29 is 4.74 Å². The van der Waals surface area contributed by atoms with Gasteiger partial charge in [-0.2, -0.15) is 0 Å². The summed E-state index contributed by atoms with van der Waals surface area (Å²) >= 11 is 5.04. The van der Waals surface area contributed by atoms with E-state index in [0.717, 1.165) is 20.9 Å². The standard InChI is InChI=1S/C11H10BrNOS/c1-8-13-10(7-15-8)6-14-11-4-2-3-9(12)5-11/h2-5,7H,6H2,1H3. The van der Waals surface area contributed by atoms with E-state index < -0.39 is 0 Å². The van der Waals surface area contributed by atoms with Crippen LogP contribution in [0.15, 0.2) is 34.1 Å². The molecule has 2 rings (SSSR count). The molecule has 15 heavy (non-hydrogen) atoms. The lowest BCUT2D eigenvalue weighted by molar-refractivity contribution is 0.302. The second-order valence-corrected chi connectivity index (χ2v) is 5.08. The first-order valence-electron chi connectivity index (χ1n) is 4.53. The van der Waals surface area contributed by atoms with Crippen molar-refractivity contribution in [3.8, 4) is 5.75 Å². The monoisotopic (exact) mass is 283 g/mol. The molecule has 1 aromatic carbocycles. The van der Waals surface area contributed by atoms with E-state index in [1.807, 2.05) is 36.6 Å². The first-order valence-corrected chi connectivity index (χ1v) is 6.21. The highest BCUT2D eigenvalue weighted by Gasteiger charge is 1.99. The summed E-state index contributed by atoms with van der Waals surface area (Å²) < 4.78 is 6.62. The van der Waals surface area contributed by atoms with Crippen LogP contribution in [0.25, 0.3) is 0 Å². The minimum atomic E-state index is 0.529. The van der Waals surface area contributed by atoms with E-state index in [1.54, 1.807) is 11.3 Å². The molecule has 0 saturated carbocycles. The molecule has 0 saturated heterocycles. The Balaban J connectivity index is 1.99. The third-order valence-electron chi connectivity index (χ3n) is 1.85. The number of hydrogen-bond donors (Lipinski definition) is 0. The van der Waals surface area contributed by atoms with E-state index in [0.29, 0.717) is 6.61 Å². The Labute approximate surface area is 101 Å². The average molecular weight is 284 g/mol. The maximum atomic E-state index is 5.60. The molecule has 0 radical (unpaired) electrons. The van der Waals surface area contributed by atoms with Crippen molar-refractivity contribution in [2.45, 2.75) is 13.5 Å². The number of aromatic nitrogens is 1. The number of thiazole rings is 1. The zero-order valence-electron chi connectivity index (χ0n) is 8.24. The summed E-state index contributed by atoms with van der Waals surface area (Å²) in [6, 6.07) is 7.80. The van der Waals surface area contributed by atoms with Gasteiger partial charge in [-0.3, -0.25) is 0 Å². The maximum absolute atomic E-state index is 5.60. The minimum Gasteiger partial charge on any atom is -0.487 e. The van der Waals surface area contributed by atoms with Gasteiger partial charge in [0, 0.05) is 9.85 Å². The molecule has 0 fully saturated rings. The molecule has 0 unspecified atom stereocenters. The second kappa shape index (κ2) is 4.77. The molecule has 0 aliphatic carbocycles. The number of benzene rings is 1. The summed E-state index contributed by atoms with van der Waals surface area (Å²) in [5.74, 6) is 0.857. The van der Waals surface area contributed by atoms with Gasteiger partial charge in [-0.15, -0.1) is 11.3 Å². The number of ether oxygens (including phenoxy) is 1. The lowest BCUT2D eigenvalue weighted by Gasteiger charge is -2.03. The summed E-state index contributed by atoms with van der Waals surface area (Å²) in [4.78, 5) is 4.33. The first-order chi connectivity index (χ1) is 7.24. The highest BCUT2D eigenvalue weighted by molar-refractivity contribution is 9.10. The van der Waals surface area contributed by atoms with Gasteiger partial charge < -0.3 is 4.74 Å². The number of rotatable bonds is 3. The van der Waals surface area contributed by atoms with Crippen molar-refractivity contribution in [1.29, 1.82) is 0 Å². The molecule has 1 heterocycles.